The maximum absolute atomic E-state index is 12.5. The zero-order valence-corrected chi connectivity index (χ0v) is 15.4. The molecule has 1 heterocycles. The van der Waals surface area contributed by atoms with Gasteiger partial charge in [-0.25, -0.2) is 0 Å². The van der Waals surface area contributed by atoms with Crippen molar-refractivity contribution >= 4 is 17.5 Å². The minimum Gasteiger partial charge on any atom is -0.342 e. The zero-order valence-electron chi connectivity index (χ0n) is 15.4. The standard InChI is InChI=1S/C22H23N3O2/c1-16-3-2-4-18(13-16)14-21(26)25-11-9-19(10-12-25)22(27)24-20-7-5-17(15-23)6-8-20/h2-8,13,19H,9-12,14H2,1H3,(H,24,27). The summed E-state index contributed by atoms with van der Waals surface area (Å²) in [5.41, 5.74) is 3.43. The van der Waals surface area contributed by atoms with Crippen LogP contribution in [0.4, 0.5) is 5.69 Å². The molecule has 0 bridgehead atoms. The van der Waals surface area contributed by atoms with Crippen LogP contribution in [0, 0.1) is 24.2 Å². The molecule has 3 rings (SSSR count). The fraction of sp³-hybridized carbons (Fsp3) is 0.318. The quantitative estimate of drug-likeness (QED) is 0.908. The number of rotatable bonds is 4. The lowest BCUT2D eigenvalue weighted by Gasteiger charge is -2.31. The normalized spacial score (nSPS) is 14.4. The first-order valence-electron chi connectivity index (χ1n) is 9.19. The summed E-state index contributed by atoms with van der Waals surface area (Å²) in [6.07, 6.45) is 1.74. The van der Waals surface area contributed by atoms with Crippen LogP contribution in [-0.4, -0.2) is 29.8 Å². The third-order valence-electron chi connectivity index (χ3n) is 4.94. The average Bonchev–Trinajstić information content (AvgIpc) is 2.68. The predicted molar refractivity (Wildman–Crippen MR) is 104 cm³/mol. The van der Waals surface area contributed by atoms with Crippen molar-refractivity contribution in [3.8, 4) is 6.07 Å². The van der Waals surface area contributed by atoms with Crippen molar-refractivity contribution < 1.29 is 9.59 Å². The molecule has 0 aliphatic carbocycles. The van der Waals surface area contributed by atoms with Crippen molar-refractivity contribution in [3.63, 3.8) is 0 Å². The molecule has 0 spiro atoms. The Labute approximate surface area is 159 Å². The Kier molecular flexibility index (Phi) is 5.87. The molecule has 2 amide bonds. The van der Waals surface area contributed by atoms with Crippen LogP contribution in [0.5, 0.6) is 0 Å². The van der Waals surface area contributed by atoms with Crippen LogP contribution >= 0.6 is 0 Å². The molecule has 0 saturated carbocycles. The number of anilines is 1. The third-order valence-corrected chi connectivity index (χ3v) is 4.94. The Balaban J connectivity index is 1.49. The highest BCUT2D eigenvalue weighted by Gasteiger charge is 2.27. The van der Waals surface area contributed by atoms with Crippen molar-refractivity contribution in [1.29, 1.82) is 5.26 Å². The molecule has 1 aliphatic rings. The molecular formula is C22H23N3O2. The van der Waals surface area contributed by atoms with Gasteiger partial charge in [0.2, 0.25) is 11.8 Å². The summed E-state index contributed by atoms with van der Waals surface area (Å²) in [4.78, 5) is 26.8. The molecule has 0 radical (unpaired) electrons. The van der Waals surface area contributed by atoms with Crippen LogP contribution in [0.3, 0.4) is 0 Å². The van der Waals surface area contributed by atoms with E-state index in [9.17, 15) is 9.59 Å². The second-order valence-corrected chi connectivity index (χ2v) is 7.00. The number of nitriles is 1. The molecule has 0 aromatic heterocycles. The molecule has 5 heteroatoms. The van der Waals surface area contributed by atoms with Crippen LogP contribution < -0.4 is 5.32 Å². The number of amides is 2. The molecule has 1 fully saturated rings. The predicted octanol–water partition coefficient (Wildman–Crippen LogP) is 3.29. The number of hydrogen-bond acceptors (Lipinski definition) is 3. The van der Waals surface area contributed by atoms with Gasteiger partial charge in [0.05, 0.1) is 18.1 Å². The summed E-state index contributed by atoms with van der Waals surface area (Å²) in [5, 5.41) is 11.7. The number of aryl methyl sites for hydroxylation is 1. The molecule has 1 saturated heterocycles. The summed E-state index contributed by atoms with van der Waals surface area (Å²) in [5.74, 6) is 0.000652. The Morgan fingerprint density at radius 3 is 2.48 bits per heavy atom. The summed E-state index contributed by atoms with van der Waals surface area (Å²) < 4.78 is 0. The van der Waals surface area contributed by atoms with Crippen LogP contribution in [0.15, 0.2) is 48.5 Å². The van der Waals surface area contributed by atoms with Crippen LogP contribution in [0.2, 0.25) is 0 Å². The van der Waals surface area contributed by atoms with Gasteiger partial charge in [-0.15, -0.1) is 0 Å². The van der Waals surface area contributed by atoms with E-state index in [2.05, 4.69) is 11.4 Å². The van der Waals surface area contributed by atoms with E-state index in [-0.39, 0.29) is 17.7 Å². The number of piperidine rings is 1. The fourth-order valence-electron chi connectivity index (χ4n) is 3.37. The molecule has 1 aliphatic heterocycles. The van der Waals surface area contributed by atoms with Gasteiger partial charge in [-0.3, -0.25) is 9.59 Å². The van der Waals surface area contributed by atoms with Crippen molar-refractivity contribution in [1.82, 2.24) is 4.90 Å². The Morgan fingerprint density at radius 1 is 1.15 bits per heavy atom. The lowest BCUT2D eigenvalue weighted by atomic mass is 9.95. The number of nitrogens with one attached hydrogen (secondary N) is 1. The highest BCUT2D eigenvalue weighted by Crippen LogP contribution is 2.20. The SMILES string of the molecule is Cc1cccc(CC(=O)N2CCC(C(=O)Nc3ccc(C#N)cc3)CC2)c1. The maximum atomic E-state index is 12.5. The largest absolute Gasteiger partial charge is 0.342 e. The van der Waals surface area contributed by atoms with Crippen molar-refractivity contribution in [2.24, 2.45) is 5.92 Å². The molecule has 2 aromatic carbocycles. The topological polar surface area (TPSA) is 73.2 Å². The lowest BCUT2D eigenvalue weighted by molar-refractivity contribution is -0.133. The maximum Gasteiger partial charge on any atom is 0.227 e. The second-order valence-electron chi connectivity index (χ2n) is 7.00. The Hall–Kier alpha value is -3.13. The Bertz CT molecular complexity index is 860. The van der Waals surface area contributed by atoms with E-state index in [0.717, 1.165) is 11.1 Å². The monoisotopic (exact) mass is 361 g/mol. The molecule has 5 nitrogen and oxygen atoms in total. The average molecular weight is 361 g/mol. The minimum absolute atomic E-state index is 0.0227. The van der Waals surface area contributed by atoms with Gasteiger partial charge in [-0.1, -0.05) is 29.8 Å². The van der Waals surface area contributed by atoms with Gasteiger partial charge in [0.15, 0.2) is 0 Å². The van der Waals surface area contributed by atoms with Crippen molar-refractivity contribution in [3.05, 3.63) is 65.2 Å². The van der Waals surface area contributed by atoms with Crippen LogP contribution in [0.25, 0.3) is 0 Å². The van der Waals surface area contributed by atoms with Gasteiger partial charge >= 0.3 is 0 Å². The zero-order chi connectivity index (χ0) is 19.2. The van der Waals surface area contributed by atoms with Gasteiger partial charge in [0.1, 0.15) is 0 Å². The molecule has 0 unspecified atom stereocenters. The van der Waals surface area contributed by atoms with Crippen LogP contribution in [0.1, 0.15) is 29.5 Å². The summed E-state index contributed by atoms with van der Waals surface area (Å²) in [6.45, 7) is 3.23. The first-order chi connectivity index (χ1) is 13.0. The van der Waals surface area contributed by atoms with E-state index >= 15 is 0 Å². The first kappa shape index (κ1) is 18.7. The molecule has 138 valence electrons. The van der Waals surface area contributed by atoms with Gasteiger partial charge in [-0.2, -0.15) is 5.26 Å². The van der Waals surface area contributed by atoms with Gasteiger partial charge in [0.25, 0.3) is 0 Å². The van der Waals surface area contributed by atoms with E-state index in [1.165, 1.54) is 0 Å². The smallest absolute Gasteiger partial charge is 0.227 e. The summed E-state index contributed by atoms with van der Waals surface area (Å²) >= 11 is 0. The van der Waals surface area contributed by atoms with Gasteiger partial charge in [0, 0.05) is 24.7 Å². The van der Waals surface area contributed by atoms with E-state index < -0.39 is 0 Å². The number of hydrogen-bond donors (Lipinski definition) is 1. The van der Waals surface area contributed by atoms with Crippen molar-refractivity contribution in [2.45, 2.75) is 26.2 Å². The second kappa shape index (κ2) is 8.50. The molecule has 0 atom stereocenters. The van der Waals surface area contributed by atoms with Crippen molar-refractivity contribution in [2.75, 3.05) is 18.4 Å². The fourth-order valence-corrected chi connectivity index (χ4v) is 3.37. The molecule has 2 aromatic rings. The number of nitrogens with zero attached hydrogens (tertiary/aromatic N) is 2. The Morgan fingerprint density at radius 2 is 1.85 bits per heavy atom. The molecule has 1 N–H and O–H groups in total. The first-order valence-corrected chi connectivity index (χ1v) is 9.19. The van der Waals surface area contributed by atoms with Crippen LogP contribution in [-0.2, 0) is 16.0 Å². The highest BCUT2D eigenvalue weighted by atomic mass is 16.2. The number of likely N-dealkylation sites (tertiary alicyclic amines) is 1. The lowest BCUT2D eigenvalue weighted by Crippen LogP contribution is -2.42. The van der Waals surface area contributed by atoms with Gasteiger partial charge < -0.3 is 10.2 Å². The number of benzene rings is 2. The van der Waals surface area contributed by atoms with E-state index in [4.69, 9.17) is 5.26 Å². The number of carbonyl (C=O) groups is 2. The molecule has 27 heavy (non-hydrogen) atoms. The van der Waals surface area contributed by atoms with E-state index in [1.807, 2.05) is 36.1 Å². The third kappa shape index (κ3) is 4.95. The molecular weight excluding hydrogens is 338 g/mol. The summed E-state index contributed by atoms with van der Waals surface area (Å²) in [7, 11) is 0. The van der Waals surface area contributed by atoms with E-state index in [1.54, 1.807) is 24.3 Å². The minimum atomic E-state index is -0.0938. The number of carbonyl (C=O) groups excluding carboxylic acids is 2. The highest BCUT2D eigenvalue weighted by molar-refractivity contribution is 5.92. The van der Waals surface area contributed by atoms with E-state index in [0.29, 0.717) is 43.6 Å². The van der Waals surface area contributed by atoms with Gasteiger partial charge in [-0.05, 0) is 49.6 Å². The summed E-state index contributed by atoms with van der Waals surface area (Å²) in [6, 6.07) is 16.9.